The van der Waals surface area contributed by atoms with Crippen LogP contribution < -0.4 is 4.90 Å². The number of aliphatic carboxylic acids is 1. The second kappa shape index (κ2) is 8.03. The molecule has 6 aliphatic rings. The van der Waals surface area contributed by atoms with Gasteiger partial charge in [-0.2, -0.15) is 0 Å². The molecule has 7 heteroatoms. The fourth-order valence-electron chi connectivity index (χ4n) is 9.99. The maximum absolute atomic E-state index is 14.3. The maximum atomic E-state index is 14.3. The molecule has 1 spiro atoms. The van der Waals surface area contributed by atoms with Crippen LogP contribution in [0, 0.1) is 51.8 Å². The predicted octanol–water partition coefficient (Wildman–Crippen LogP) is 5.40. The van der Waals surface area contributed by atoms with Crippen LogP contribution in [0.3, 0.4) is 0 Å². The summed E-state index contributed by atoms with van der Waals surface area (Å²) in [6.45, 7) is 8.48. The fourth-order valence-corrected chi connectivity index (χ4v) is 9.99. The molecular formula is C31H37NO6. The highest BCUT2D eigenvalue weighted by atomic mass is 16.4. The lowest BCUT2D eigenvalue weighted by molar-refractivity contribution is -0.194. The van der Waals surface area contributed by atoms with Gasteiger partial charge in [-0.1, -0.05) is 44.9 Å². The number of fused-ring (bicyclic) bond motifs is 1. The molecule has 1 aliphatic heterocycles. The Morgan fingerprint density at radius 2 is 1.76 bits per heavy atom. The molecule has 1 aromatic carbocycles. The van der Waals surface area contributed by atoms with E-state index in [-0.39, 0.29) is 46.5 Å². The van der Waals surface area contributed by atoms with Crippen molar-refractivity contribution >= 4 is 29.4 Å². The van der Waals surface area contributed by atoms with Gasteiger partial charge in [-0.25, -0.2) is 9.69 Å². The zero-order valence-electron chi connectivity index (χ0n) is 22.6. The minimum atomic E-state index is -1.10. The first kappa shape index (κ1) is 25.3. The molecular weight excluding hydrogens is 482 g/mol. The second-order valence-electron chi connectivity index (χ2n) is 13.4. The van der Waals surface area contributed by atoms with Crippen molar-refractivity contribution in [3.63, 3.8) is 0 Å². The Balaban J connectivity index is 1.48. The number of amides is 2. The number of anilines is 1. The topological polar surface area (TPSA) is 112 Å². The van der Waals surface area contributed by atoms with Crippen LogP contribution in [0.4, 0.5) is 5.69 Å². The lowest BCUT2D eigenvalue weighted by Gasteiger charge is -2.68. The number of allylic oxidation sites excluding steroid dienone is 2. The summed E-state index contributed by atoms with van der Waals surface area (Å²) in [4.78, 5) is 53.8. The van der Waals surface area contributed by atoms with E-state index < -0.39 is 34.6 Å². The Morgan fingerprint density at radius 1 is 1.03 bits per heavy atom. The Bertz CT molecular complexity index is 1300. The van der Waals surface area contributed by atoms with Gasteiger partial charge in [-0.3, -0.25) is 14.4 Å². The van der Waals surface area contributed by atoms with Gasteiger partial charge < -0.3 is 10.2 Å². The monoisotopic (exact) mass is 519 g/mol. The third-order valence-electron chi connectivity index (χ3n) is 11.5. The minimum absolute atomic E-state index is 0.0288. The number of carbonyl (C=O) groups excluding carboxylic acids is 2. The van der Waals surface area contributed by atoms with Crippen molar-refractivity contribution in [2.24, 2.45) is 51.8 Å². The van der Waals surface area contributed by atoms with E-state index in [1.807, 2.05) is 6.92 Å². The fraction of sp³-hybridized carbons (Fsp3) is 0.613. The van der Waals surface area contributed by atoms with Crippen molar-refractivity contribution in [2.45, 2.75) is 66.2 Å². The van der Waals surface area contributed by atoms with Gasteiger partial charge in [0.25, 0.3) is 0 Å². The van der Waals surface area contributed by atoms with E-state index in [0.29, 0.717) is 18.5 Å². The van der Waals surface area contributed by atoms with E-state index in [1.54, 1.807) is 12.1 Å². The molecule has 3 saturated carbocycles. The molecule has 7 nitrogen and oxygen atoms in total. The summed E-state index contributed by atoms with van der Waals surface area (Å²) >= 11 is 0. The highest BCUT2D eigenvalue weighted by Crippen LogP contribution is 2.74. The van der Waals surface area contributed by atoms with Gasteiger partial charge in [0.1, 0.15) is 0 Å². The first-order valence-electron chi connectivity index (χ1n) is 14.0. The number of benzene rings is 1. The van der Waals surface area contributed by atoms with Gasteiger partial charge in [0.05, 0.1) is 28.5 Å². The predicted molar refractivity (Wildman–Crippen MR) is 140 cm³/mol. The van der Waals surface area contributed by atoms with Crippen LogP contribution in [0.1, 0.15) is 76.6 Å². The molecule has 2 N–H and O–H groups in total. The molecule has 38 heavy (non-hydrogen) atoms. The van der Waals surface area contributed by atoms with Crippen LogP contribution in [-0.2, 0) is 14.4 Å². The Labute approximate surface area is 223 Å². The molecule has 0 radical (unpaired) electrons. The van der Waals surface area contributed by atoms with Gasteiger partial charge in [0.15, 0.2) is 0 Å². The van der Waals surface area contributed by atoms with Gasteiger partial charge in [-0.05, 0) is 86.3 Å². The molecule has 1 heterocycles. The number of carbonyl (C=O) groups is 4. The Morgan fingerprint density at radius 3 is 2.42 bits per heavy atom. The molecule has 1 saturated heterocycles. The van der Waals surface area contributed by atoms with Crippen molar-refractivity contribution < 1.29 is 29.4 Å². The van der Waals surface area contributed by atoms with Crippen molar-refractivity contribution in [1.82, 2.24) is 0 Å². The number of imide groups is 1. The van der Waals surface area contributed by atoms with E-state index in [4.69, 9.17) is 0 Å². The van der Waals surface area contributed by atoms with Gasteiger partial charge in [0, 0.05) is 5.41 Å². The average Bonchev–Trinajstić information content (AvgIpc) is 3.15. The van der Waals surface area contributed by atoms with E-state index in [9.17, 15) is 29.4 Å². The summed E-state index contributed by atoms with van der Waals surface area (Å²) in [5.74, 6) is -2.89. The zero-order valence-corrected chi connectivity index (χ0v) is 22.6. The van der Waals surface area contributed by atoms with E-state index in [2.05, 4.69) is 26.8 Å². The minimum Gasteiger partial charge on any atom is -0.481 e. The van der Waals surface area contributed by atoms with E-state index >= 15 is 0 Å². The van der Waals surface area contributed by atoms with Gasteiger partial charge >= 0.3 is 11.9 Å². The highest BCUT2D eigenvalue weighted by molar-refractivity contribution is 6.23. The third kappa shape index (κ3) is 3.02. The lowest BCUT2D eigenvalue weighted by atomic mass is 9.34. The molecule has 2 amide bonds. The molecule has 8 atom stereocenters. The molecule has 1 aromatic rings. The number of carboxylic acids is 2. The van der Waals surface area contributed by atoms with Crippen LogP contribution in [0.25, 0.3) is 0 Å². The number of hydrogen-bond acceptors (Lipinski definition) is 4. The molecule has 2 bridgehead atoms. The summed E-state index contributed by atoms with van der Waals surface area (Å²) in [6.07, 6.45) is 7.05. The maximum Gasteiger partial charge on any atom is 0.335 e. The average molecular weight is 520 g/mol. The number of hydrogen-bond donors (Lipinski definition) is 2. The molecule has 4 fully saturated rings. The van der Waals surface area contributed by atoms with Crippen LogP contribution in [0.2, 0.25) is 0 Å². The van der Waals surface area contributed by atoms with Crippen molar-refractivity contribution in [2.75, 3.05) is 4.90 Å². The molecule has 0 aromatic heterocycles. The van der Waals surface area contributed by atoms with E-state index in [1.165, 1.54) is 22.6 Å². The number of aromatic carboxylic acids is 1. The SMILES string of the molecule is CC(C)C1=C[C@@]23CC[C@@H]4[C@](C)(CCC[C@@]4(C)C(=O)O)[C@@H]2C[C@@H]1[C@H]1C(=O)N(c2cccc(C(=O)O)c2)C(=O)[C@H]13. The van der Waals surface area contributed by atoms with Crippen LogP contribution in [0.5, 0.6) is 0 Å². The quantitative estimate of drug-likeness (QED) is 0.407. The Kier molecular flexibility index (Phi) is 5.35. The third-order valence-corrected chi connectivity index (χ3v) is 11.5. The summed E-state index contributed by atoms with van der Waals surface area (Å²) in [7, 11) is 0. The smallest absolute Gasteiger partial charge is 0.335 e. The van der Waals surface area contributed by atoms with Crippen LogP contribution >= 0.6 is 0 Å². The zero-order chi connectivity index (χ0) is 27.4. The molecule has 0 unspecified atom stereocenters. The van der Waals surface area contributed by atoms with Crippen molar-refractivity contribution in [3.8, 4) is 0 Å². The van der Waals surface area contributed by atoms with Gasteiger partial charge in [-0.15, -0.1) is 0 Å². The number of rotatable bonds is 4. The summed E-state index contributed by atoms with van der Waals surface area (Å²) < 4.78 is 0. The van der Waals surface area contributed by atoms with E-state index in [0.717, 1.165) is 25.7 Å². The normalized spacial score (nSPS) is 41.4. The van der Waals surface area contributed by atoms with Crippen LogP contribution in [0.15, 0.2) is 35.9 Å². The number of carboxylic acid groups (broad SMARTS) is 2. The van der Waals surface area contributed by atoms with Crippen molar-refractivity contribution in [3.05, 3.63) is 41.5 Å². The standard InChI is InChI=1S/C31H37NO6/c1-16(2)20-15-31-12-9-21-29(3,10-6-11-30(21,4)28(37)38)22(31)14-19(20)23-24(31)26(34)32(25(23)33)18-8-5-7-17(13-18)27(35)36/h5,7-8,13,15-16,19,21-24H,6,9-12,14H2,1-4H3,(H,35,36)(H,37,38)/t19-,21+,22-,23+,24-,29-,30+,31-/m0/s1. The number of nitrogens with zero attached hydrogens (tertiary/aromatic N) is 1. The first-order chi connectivity index (χ1) is 17.9. The van der Waals surface area contributed by atoms with Crippen molar-refractivity contribution in [1.29, 1.82) is 0 Å². The Hall–Kier alpha value is -2.96. The van der Waals surface area contributed by atoms with Crippen LogP contribution in [-0.4, -0.2) is 34.0 Å². The highest BCUT2D eigenvalue weighted by Gasteiger charge is 2.73. The molecule has 202 valence electrons. The summed E-state index contributed by atoms with van der Waals surface area (Å²) in [5.41, 5.74) is 0.112. The summed E-state index contributed by atoms with van der Waals surface area (Å²) in [6, 6.07) is 6.10. The first-order valence-corrected chi connectivity index (χ1v) is 14.0. The molecule has 7 rings (SSSR count). The summed E-state index contributed by atoms with van der Waals surface area (Å²) in [5, 5.41) is 19.8. The lowest BCUT2D eigenvalue weighted by Crippen LogP contribution is -2.65. The second-order valence-corrected chi connectivity index (χ2v) is 13.4. The molecule has 5 aliphatic carbocycles. The van der Waals surface area contributed by atoms with Gasteiger partial charge in [0.2, 0.25) is 11.8 Å². The largest absolute Gasteiger partial charge is 0.481 e.